The average molecular weight is 1860 g/mol. The molecule has 0 spiro atoms. The minimum Gasteiger partial charge on any atom is -0.507 e. The van der Waals surface area contributed by atoms with Crippen molar-refractivity contribution in [3.05, 3.63) is 146 Å². The lowest BCUT2D eigenvalue weighted by atomic mass is 9.84. The summed E-state index contributed by atoms with van der Waals surface area (Å²) in [5, 5.41) is 134. The zero-order valence-corrected chi connectivity index (χ0v) is 74.3. The molecule has 0 aliphatic carbocycles. The number of carboxylic acid groups (broad SMARTS) is 1. The topological polar surface area (TPSA) is 582 Å². The highest BCUT2D eigenvalue weighted by atomic mass is 35.5. The molecule has 11 bridgehead atoms. The molecule has 6 aromatic carbocycles. The summed E-state index contributed by atoms with van der Waals surface area (Å²) in [7, 11) is -3.80. The van der Waals surface area contributed by atoms with Gasteiger partial charge in [0.2, 0.25) is 57.5 Å². The standard InChI is InChI=1S/C90H113Cl2N9O27S/c1-7-9-10-13-16-45-17-22-52(23-18-45)129(121,122)96-28-15-12-11-14-27-95-41-56-60(104)38-55-71(78(56)111)54-30-47(19-24-59(54)103)53-37-62(106)72-50-34-65(124-63-25-20-48(31-57(63)91)76(109)74(99-84(115)46(8-2)29-43(3)4)61(105)33-51(36-68(94)107)85(116)97-72)81(66(35-50)125-64-26-21-49(32-58(64)92)77(110)75(100-86(53)117)87(118)98-73(55)88(119)120)128-89-82(80(113)79(112)67(42-102)126-89)127-70-39-90(6,101-69(108)40-93)83(114)44(5)123-70/h17-26,30-32,34-35,38,43-44,46,51,53,67,70,72-77,79-80,82-83,89,95-96,102-104,109-114H,7-16,27-29,33,36-37,39-42,93H2,1-6H3,(H2,94,107)(H,97,116)(H,98,118)(H,99,115)(H,100,117)(H,101,108)(H,119,120)/t44-,46+,51-,53+,67+,70-,72+,73-,74-,75-,76+,77+,79+,80-,82+,83+,89-,90-/m0/s1. The van der Waals surface area contributed by atoms with E-state index in [-0.39, 0.29) is 76.3 Å². The molecule has 39 heteroatoms. The first kappa shape index (κ1) is 99.4. The number of Topliss-reactive ketones (excluding diaryl/α,β-unsaturated/α-hetero) is 2. The number of amides is 6. The van der Waals surface area contributed by atoms with Gasteiger partial charge in [0, 0.05) is 61.4 Å². The van der Waals surface area contributed by atoms with Crippen molar-refractivity contribution < 1.29 is 131 Å². The minimum atomic E-state index is -3.80. The molecule has 36 nitrogen and oxygen atoms in total. The van der Waals surface area contributed by atoms with Crippen molar-refractivity contribution in [3.63, 3.8) is 0 Å². The third-order valence-electron chi connectivity index (χ3n) is 23.9. The molecule has 7 aliphatic rings. The van der Waals surface area contributed by atoms with E-state index in [9.17, 15) is 78.7 Å². The van der Waals surface area contributed by atoms with Gasteiger partial charge in [-0.15, -0.1) is 0 Å². The number of aliphatic hydroxyl groups is 6. The minimum absolute atomic E-state index is 0.0453. The number of phenolic OH excluding ortho intramolecular Hbond substituents is 3. The number of hydrogen-bond acceptors (Lipinski definition) is 28. The molecule has 0 radical (unpaired) electrons. The number of unbranched alkanes of at least 4 members (excludes halogenated alkanes) is 6. The number of carboxylic acids is 1. The number of aryl methyl sites for hydroxylation is 1. The van der Waals surface area contributed by atoms with E-state index in [1.807, 2.05) is 26.0 Å². The van der Waals surface area contributed by atoms with E-state index >= 15 is 24.0 Å². The van der Waals surface area contributed by atoms with Gasteiger partial charge in [-0.3, -0.25) is 38.4 Å². The number of ether oxygens (including phenoxy) is 6. The zero-order chi connectivity index (χ0) is 93.8. The lowest BCUT2D eigenvalue weighted by molar-refractivity contribution is -0.334. The number of ketones is 2. The van der Waals surface area contributed by atoms with Crippen molar-refractivity contribution >= 4 is 86.2 Å². The quantitative estimate of drug-likeness (QED) is 0.0210. The Hall–Kier alpha value is -10.2. The van der Waals surface area contributed by atoms with Crippen molar-refractivity contribution in [1.82, 2.24) is 36.6 Å². The van der Waals surface area contributed by atoms with Gasteiger partial charge >= 0.3 is 5.97 Å². The fourth-order valence-electron chi connectivity index (χ4n) is 16.8. The largest absolute Gasteiger partial charge is 0.507 e. The highest BCUT2D eigenvalue weighted by Gasteiger charge is 2.53. The molecule has 18 atom stereocenters. The molecule has 7 heterocycles. The lowest BCUT2D eigenvalue weighted by Gasteiger charge is -2.48. The Kier molecular flexibility index (Phi) is 33.7. The van der Waals surface area contributed by atoms with Crippen LogP contribution in [0.3, 0.4) is 0 Å². The average Bonchev–Trinajstić information content (AvgIpc) is 0.693. The summed E-state index contributed by atoms with van der Waals surface area (Å²) in [6.45, 7) is 9.03. The molecule has 6 amide bonds. The number of carbonyl (C=O) groups excluding carboxylic acids is 8. The predicted octanol–water partition coefficient (Wildman–Crippen LogP) is 6.39. The van der Waals surface area contributed by atoms with Crippen LogP contribution >= 0.6 is 23.2 Å². The maximum Gasteiger partial charge on any atom is 0.330 e. The second-order valence-electron chi connectivity index (χ2n) is 33.9. The molecule has 0 unspecified atom stereocenters. The normalized spacial score (nSPS) is 25.8. The van der Waals surface area contributed by atoms with E-state index in [0.717, 1.165) is 92.3 Å². The predicted molar refractivity (Wildman–Crippen MR) is 466 cm³/mol. The molecule has 13 rings (SSSR count). The number of aliphatic hydroxyl groups excluding tert-OH is 6. The number of primary amides is 1. The summed E-state index contributed by atoms with van der Waals surface area (Å²) >= 11 is 14.4. The Balaban J connectivity index is 1.04. The fraction of sp³-hybridized carbons (Fsp3) is 0.500. The SMILES string of the molecule is CCCCCCc1ccc(S(=O)(=O)NCCCCCCNCc2c(O)cc3c(c2O)-c2cc(ccc2O)[C@H]2CC(=O)[C@@H]4NC(=O)[C@H](CC(N)=O)CC(=O)[C@H](NC(=O)[C@H](CC)CC(C)C)[C@H](O)c5ccc(c(Cl)c5)Oc5cc4cc(c5O[C@@H]4O[C@H](CO)[C@@H](O)[C@H](O)[C@H]4O[C@H]4C[C@](C)(NC(=O)CN)[C@H](O)[C@H](C)O4)Oc4ccc(cc4Cl)[C@@H](O)[C@H](NC2=O)C(=O)N[C@@H]3C(=O)O)cc1. The molecule has 2 saturated heterocycles. The van der Waals surface area contributed by atoms with Gasteiger partial charge in [-0.1, -0.05) is 113 Å². The summed E-state index contributed by atoms with van der Waals surface area (Å²) in [4.78, 5) is 133. The third-order valence-corrected chi connectivity index (χ3v) is 26.0. The van der Waals surface area contributed by atoms with Crippen LogP contribution in [-0.4, -0.2) is 206 Å². The van der Waals surface area contributed by atoms with Gasteiger partial charge in [-0.25, -0.2) is 17.9 Å². The summed E-state index contributed by atoms with van der Waals surface area (Å²) in [5.74, 6) is -20.4. The second-order valence-corrected chi connectivity index (χ2v) is 36.5. The number of aromatic hydroxyl groups is 3. The highest BCUT2D eigenvalue weighted by Crippen LogP contribution is 2.51. The molecular formula is C90H113Cl2N9O27S. The number of nitrogens with two attached hydrogens (primary N) is 2. The lowest BCUT2D eigenvalue weighted by Crippen LogP contribution is -2.66. The zero-order valence-electron chi connectivity index (χ0n) is 72.0. The number of aliphatic carboxylic acids is 1. The molecule has 2 fully saturated rings. The van der Waals surface area contributed by atoms with Crippen LogP contribution < -0.4 is 62.3 Å². The maximum atomic E-state index is 16.6. The molecule has 700 valence electrons. The van der Waals surface area contributed by atoms with Gasteiger partial charge < -0.3 is 123 Å². The Morgan fingerprint density at radius 3 is 1.96 bits per heavy atom. The number of benzene rings is 6. The van der Waals surface area contributed by atoms with Crippen molar-refractivity contribution in [2.24, 2.45) is 29.2 Å². The summed E-state index contributed by atoms with van der Waals surface area (Å²) in [5.41, 5.74) is 8.07. The molecule has 21 N–H and O–H groups in total. The van der Waals surface area contributed by atoms with E-state index in [2.05, 4.69) is 43.5 Å². The number of fused-ring (bicyclic) bond motifs is 15. The van der Waals surface area contributed by atoms with E-state index in [4.69, 9.17) is 63.1 Å². The molecular weight excluding hydrogens is 1740 g/mol. The highest BCUT2D eigenvalue weighted by molar-refractivity contribution is 7.89. The van der Waals surface area contributed by atoms with Crippen LogP contribution in [0.1, 0.15) is 201 Å². The summed E-state index contributed by atoms with van der Waals surface area (Å²) < 4.78 is 68.0. The molecule has 7 aliphatic heterocycles. The van der Waals surface area contributed by atoms with Crippen molar-refractivity contribution in [2.75, 3.05) is 26.2 Å². The summed E-state index contributed by atoms with van der Waals surface area (Å²) in [6.07, 6.45) is -13.9. The van der Waals surface area contributed by atoms with Crippen LogP contribution in [0.4, 0.5) is 0 Å². The second kappa shape index (κ2) is 43.7. The van der Waals surface area contributed by atoms with Crippen LogP contribution in [0, 0.1) is 17.8 Å². The molecule has 0 saturated carbocycles. The number of carbonyl (C=O) groups is 9. The number of rotatable bonds is 31. The van der Waals surface area contributed by atoms with Crippen LogP contribution in [0.2, 0.25) is 10.0 Å². The van der Waals surface area contributed by atoms with Gasteiger partial charge in [0.05, 0.1) is 57.1 Å². The van der Waals surface area contributed by atoms with Crippen molar-refractivity contribution in [2.45, 2.75) is 246 Å². The maximum absolute atomic E-state index is 16.6. The third kappa shape index (κ3) is 23.8. The summed E-state index contributed by atoms with van der Waals surface area (Å²) in [6, 6.07) is 11.3. The Morgan fingerprint density at radius 2 is 1.35 bits per heavy atom. The number of nitrogens with one attached hydrogen (secondary N) is 7. The first-order chi connectivity index (χ1) is 61.3. The van der Waals surface area contributed by atoms with Crippen LogP contribution in [-0.2, 0) is 80.4 Å². The van der Waals surface area contributed by atoms with Crippen molar-refractivity contribution in [3.8, 4) is 57.1 Å². The fourth-order valence-corrected chi connectivity index (χ4v) is 18.3. The first-order valence-electron chi connectivity index (χ1n) is 43.0. The number of phenols is 3. The number of halogens is 2. The van der Waals surface area contributed by atoms with Gasteiger partial charge in [0.25, 0.3) is 0 Å². The van der Waals surface area contributed by atoms with Crippen LogP contribution in [0.25, 0.3) is 11.1 Å². The van der Waals surface area contributed by atoms with Gasteiger partial charge in [-0.05, 0) is 159 Å². The van der Waals surface area contributed by atoms with E-state index in [1.165, 1.54) is 32.0 Å². The van der Waals surface area contributed by atoms with Gasteiger partial charge in [-0.2, -0.15) is 0 Å². The number of hydrogen-bond donors (Lipinski definition) is 19. The van der Waals surface area contributed by atoms with E-state index in [0.29, 0.717) is 32.1 Å². The van der Waals surface area contributed by atoms with Gasteiger partial charge in [0.15, 0.2) is 41.5 Å². The molecule has 6 aromatic rings. The molecule has 0 aromatic heterocycles. The Bertz CT molecular complexity index is 5230. The smallest absolute Gasteiger partial charge is 0.330 e. The van der Waals surface area contributed by atoms with Crippen molar-refractivity contribution in [1.29, 1.82) is 0 Å². The first-order valence-corrected chi connectivity index (χ1v) is 45.3. The monoisotopic (exact) mass is 1850 g/mol. The Morgan fingerprint density at radius 1 is 0.705 bits per heavy atom. The van der Waals surface area contributed by atoms with Crippen LogP contribution in [0.15, 0.2) is 102 Å². The van der Waals surface area contributed by atoms with E-state index < -0.39 is 272 Å². The van der Waals surface area contributed by atoms with Gasteiger partial charge in [0.1, 0.15) is 83.5 Å². The van der Waals surface area contributed by atoms with Crippen LogP contribution in [0.5, 0.6) is 46.0 Å². The van der Waals surface area contributed by atoms with E-state index in [1.54, 1.807) is 19.1 Å². The Labute approximate surface area is 754 Å². The number of sulfonamides is 1. The molecule has 129 heavy (non-hydrogen) atoms.